The number of carbonyl (C=O) groups is 1. The molecule has 0 unspecified atom stereocenters. The lowest BCUT2D eigenvalue weighted by molar-refractivity contribution is -0.115. The van der Waals surface area contributed by atoms with Gasteiger partial charge in [0, 0.05) is 22.4 Å². The average molecular weight is 437 g/mol. The Morgan fingerprint density at radius 3 is 2.46 bits per heavy atom. The predicted octanol–water partition coefficient (Wildman–Crippen LogP) is 4.27. The van der Waals surface area contributed by atoms with Crippen LogP contribution < -0.4 is 10.1 Å². The number of aromatic nitrogens is 1. The quantitative estimate of drug-likeness (QED) is 0.597. The van der Waals surface area contributed by atoms with Gasteiger partial charge in [0.1, 0.15) is 5.75 Å². The maximum atomic E-state index is 12.4. The van der Waals surface area contributed by atoms with Crippen molar-refractivity contribution >= 4 is 43.8 Å². The fraction of sp³-hybridized carbons (Fsp3) is 0.158. The first-order chi connectivity index (χ1) is 13.4. The van der Waals surface area contributed by atoms with Crippen molar-refractivity contribution in [3.63, 3.8) is 0 Å². The highest BCUT2D eigenvalue weighted by Crippen LogP contribution is 2.26. The number of nitrogens with one attached hydrogen (secondary N) is 1. The van der Waals surface area contributed by atoms with Crippen molar-refractivity contribution in [3.05, 3.63) is 58.9 Å². The monoisotopic (exact) mass is 436 g/mol. The van der Waals surface area contributed by atoms with Crippen LogP contribution in [0.4, 0.5) is 5.13 Å². The molecule has 146 valence electrons. The van der Waals surface area contributed by atoms with Gasteiger partial charge in [0.15, 0.2) is 15.0 Å². The Hall–Kier alpha value is -2.42. The molecule has 0 bridgehead atoms. The molecule has 0 spiro atoms. The largest absolute Gasteiger partial charge is 0.497 e. The molecular weight excluding hydrogens is 420 g/mol. The number of thiazole rings is 1. The number of halogens is 1. The van der Waals surface area contributed by atoms with Gasteiger partial charge in [-0.2, -0.15) is 0 Å². The summed E-state index contributed by atoms with van der Waals surface area (Å²) in [4.78, 5) is 16.6. The lowest BCUT2D eigenvalue weighted by Crippen LogP contribution is -2.17. The van der Waals surface area contributed by atoms with Crippen LogP contribution in [0.3, 0.4) is 0 Å². The summed E-state index contributed by atoms with van der Waals surface area (Å²) in [6.07, 6.45) is -0.162. The van der Waals surface area contributed by atoms with E-state index in [9.17, 15) is 13.2 Å². The molecule has 9 heteroatoms. The number of anilines is 1. The third-order valence-corrected chi connectivity index (χ3v) is 6.65. The van der Waals surface area contributed by atoms with Gasteiger partial charge in [0.05, 0.1) is 23.5 Å². The molecule has 0 aliphatic rings. The number of methoxy groups -OCH3 is 1. The second-order valence-electron chi connectivity index (χ2n) is 5.84. The number of benzene rings is 2. The highest BCUT2D eigenvalue weighted by Gasteiger charge is 2.17. The predicted molar refractivity (Wildman–Crippen MR) is 111 cm³/mol. The Labute approximate surface area is 172 Å². The molecule has 1 N–H and O–H groups in total. The summed E-state index contributed by atoms with van der Waals surface area (Å²) in [6.45, 7) is 0. The lowest BCUT2D eigenvalue weighted by Gasteiger charge is -2.06. The Balaban J connectivity index is 1.59. The summed E-state index contributed by atoms with van der Waals surface area (Å²) in [5.74, 6) is -0.133. The minimum absolute atomic E-state index is 0.153. The van der Waals surface area contributed by atoms with Crippen molar-refractivity contribution in [3.8, 4) is 17.0 Å². The van der Waals surface area contributed by atoms with Gasteiger partial charge in [0.2, 0.25) is 5.91 Å². The molecule has 1 heterocycles. The minimum atomic E-state index is -3.56. The Kier molecular flexibility index (Phi) is 6.33. The van der Waals surface area contributed by atoms with Crippen LogP contribution in [0.5, 0.6) is 5.75 Å². The first-order valence-electron chi connectivity index (χ1n) is 8.25. The highest BCUT2D eigenvalue weighted by atomic mass is 35.5. The Morgan fingerprint density at radius 2 is 1.82 bits per heavy atom. The average Bonchev–Trinajstić information content (AvgIpc) is 3.15. The molecule has 0 saturated heterocycles. The summed E-state index contributed by atoms with van der Waals surface area (Å²) in [7, 11) is -2.06. The van der Waals surface area contributed by atoms with E-state index in [1.54, 1.807) is 24.3 Å². The third kappa shape index (κ3) is 5.09. The van der Waals surface area contributed by atoms with Crippen LogP contribution in [0, 0.1) is 0 Å². The van der Waals surface area contributed by atoms with E-state index in [1.807, 2.05) is 17.5 Å². The molecule has 0 radical (unpaired) electrons. The van der Waals surface area contributed by atoms with Crippen molar-refractivity contribution in [2.24, 2.45) is 0 Å². The van der Waals surface area contributed by atoms with Crippen LogP contribution in [0.25, 0.3) is 11.3 Å². The van der Waals surface area contributed by atoms with Crippen molar-refractivity contribution in [1.29, 1.82) is 0 Å². The lowest BCUT2D eigenvalue weighted by atomic mass is 10.2. The standard InChI is InChI=1S/C19H17ClN2O4S2/c1-26-15-6-8-16(9-7-15)28(24,25)11-10-18(23)22-19-21-17(12-27-19)13-2-4-14(20)5-3-13/h2-9,12H,10-11H2,1H3,(H,21,22,23). The first-order valence-corrected chi connectivity index (χ1v) is 11.2. The van der Waals surface area contributed by atoms with Gasteiger partial charge in [-0.1, -0.05) is 23.7 Å². The molecule has 1 amide bonds. The van der Waals surface area contributed by atoms with Crippen molar-refractivity contribution in [1.82, 2.24) is 4.98 Å². The Morgan fingerprint density at radius 1 is 1.14 bits per heavy atom. The summed E-state index contributed by atoms with van der Waals surface area (Å²) in [5.41, 5.74) is 1.59. The van der Waals surface area contributed by atoms with Crippen molar-refractivity contribution in [2.75, 3.05) is 18.2 Å². The summed E-state index contributed by atoms with van der Waals surface area (Å²) < 4.78 is 29.7. The van der Waals surface area contributed by atoms with Crippen LogP contribution in [-0.2, 0) is 14.6 Å². The number of hydrogen-bond acceptors (Lipinski definition) is 6. The number of ether oxygens (including phenoxy) is 1. The fourth-order valence-electron chi connectivity index (χ4n) is 2.39. The van der Waals surface area contributed by atoms with E-state index in [0.717, 1.165) is 5.56 Å². The fourth-order valence-corrected chi connectivity index (χ4v) is 4.50. The van der Waals surface area contributed by atoms with Gasteiger partial charge in [-0.3, -0.25) is 4.79 Å². The molecule has 0 fully saturated rings. The Bertz CT molecular complexity index is 1060. The molecule has 0 aliphatic carbocycles. The van der Waals surface area contributed by atoms with Crippen molar-refractivity contribution in [2.45, 2.75) is 11.3 Å². The SMILES string of the molecule is COc1ccc(S(=O)(=O)CCC(=O)Nc2nc(-c3ccc(Cl)cc3)cs2)cc1. The molecule has 0 saturated carbocycles. The number of nitrogens with zero attached hydrogens (tertiary/aromatic N) is 1. The van der Waals surface area contributed by atoms with E-state index < -0.39 is 15.7 Å². The summed E-state index contributed by atoms with van der Waals surface area (Å²) in [5, 5.41) is 5.50. The van der Waals surface area contributed by atoms with Crippen LogP contribution in [0.15, 0.2) is 58.8 Å². The van der Waals surface area contributed by atoms with E-state index in [4.69, 9.17) is 16.3 Å². The summed E-state index contributed by atoms with van der Waals surface area (Å²) >= 11 is 7.15. The second-order valence-corrected chi connectivity index (χ2v) is 9.24. The normalized spacial score (nSPS) is 11.2. The van der Waals surface area contributed by atoms with Gasteiger partial charge < -0.3 is 10.1 Å². The van der Waals surface area contributed by atoms with Crippen molar-refractivity contribution < 1.29 is 17.9 Å². The van der Waals surface area contributed by atoms with Crippen LogP contribution in [-0.4, -0.2) is 32.2 Å². The molecule has 3 aromatic rings. The van der Waals surface area contributed by atoms with Gasteiger partial charge >= 0.3 is 0 Å². The van der Waals surface area contributed by atoms with Gasteiger partial charge in [-0.05, 0) is 36.4 Å². The van der Waals surface area contributed by atoms with Gasteiger partial charge in [0.25, 0.3) is 0 Å². The molecule has 3 rings (SSSR count). The number of sulfone groups is 1. The molecule has 6 nitrogen and oxygen atoms in total. The third-order valence-electron chi connectivity index (χ3n) is 3.91. The molecular formula is C19H17ClN2O4S2. The first kappa shape index (κ1) is 20.3. The van der Waals surface area contributed by atoms with Gasteiger partial charge in [-0.25, -0.2) is 13.4 Å². The maximum Gasteiger partial charge on any atom is 0.227 e. The van der Waals surface area contributed by atoms with Crippen LogP contribution >= 0.6 is 22.9 Å². The van der Waals surface area contributed by atoms with Crippen LogP contribution in [0.1, 0.15) is 6.42 Å². The smallest absolute Gasteiger partial charge is 0.227 e. The second kappa shape index (κ2) is 8.72. The zero-order valence-electron chi connectivity index (χ0n) is 14.9. The van der Waals surface area contributed by atoms with E-state index in [0.29, 0.717) is 21.6 Å². The zero-order valence-corrected chi connectivity index (χ0v) is 17.3. The molecule has 0 atom stereocenters. The number of rotatable bonds is 7. The summed E-state index contributed by atoms with van der Waals surface area (Å²) in [6, 6.07) is 13.3. The zero-order chi connectivity index (χ0) is 20.1. The molecule has 1 aromatic heterocycles. The topological polar surface area (TPSA) is 85.4 Å². The van der Waals surface area contributed by atoms with Crippen LogP contribution in [0.2, 0.25) is 5.02 Å². The van der Waals surface area contributed by atoms with E-state index in [-0.39, 0.29) is 17.1 Å². The van der Waals surface area contributed by atoms with E-state index >= 15 is 0 Å². The number of hydrogen-bond donors (Lipinski definition) is 1. The van der Waals surface area contributed by atoms with E-state index in [2.05, 4.69) is 10.3 Å². The van der Waals surface area contributed by atoms with E-state index in [1.165, 1.54) is 30.6 Å². The maximum absolute atomic E-state index is 12.4. The molecule has 0 aliphatic heterocycles. The van der Waals surface area contributed by atoms with Gasteiger partial charge in [-0.15, -0.1) is 11.3 Å². The molecule has 2 aromatic carbocycles. The highest BCUT2D eigenvalue weighted by molar-refractivity contribution is 7.91. The number of amides is 1. The number of carbonyl (C=O) groups excluding carboxylic acids is 1. The molecule has 28 heavy (non-hydrogen) atoms. The minimum Gasteiger partial charge on any atom is -0.497 e.